The number of aromatic hydroxyl groups is 1. The van der Waals surface area contributed by atoms with Crippen LogP contribution >= 0.6 is 11.8 Å². The Balaban J connectivity index is 1.47. The fraction of sp³-hybridized carbons (Fsp3) is 0.158. The van der Waals surface area contributed by atoms with Gasteiger partial charge >= 0.3 is 0 Å². The Morgan fingerprint density at radius 2 is 2.04 bits per heavy atom. The third-order valence-electron chi connectivity index (χ3n) is 4.48. The number of hydrogen-bond acceptors (Lipinski definition) is 7. The molecular weight excluding hydrogens is 378 g/mol. The number of carbonyl (C=O) groups excluding carboxylic acids is 1. The molecule has 0 atom stereocenters. The second-order valence-electron chi connectivity index (χ2n) is 6.44. The van der Waals surface area contributed by atoms with Crippen molar-refractivity contribution in [2.24, 2.45) is 5.10 Å². The Bertz CT molecular complexity index is 1110. The molecule has 9 heteroatoms. The van der Waals surface area contributed by atoms with Gasteiger partial charge in [0.1, 0.15) is 11.5 Å². The zero-order chi connectivity index (χ0) is 19.1. The van der Waals surface area contributed by atoms with Crippen molar-refractivity contribution in [1.82, 2.24) is 14.9 Å². The smallest absolute Gasteiger partial charge is 0.262 e. The van der Waals surface area contributed by atoms with E-state index in [-0.39, 0.29) is 18.3 Å². The second kappa shape index (κ2) is 6.68. The SMILES string of the molecule is O=C1COc2ccc(C3=Nn4c(Cc5ccc(O)cc5)nnc4SC3)cc2N1. The minimum Gasteiger partial charge on any atom is -0.508 e. The first-order chi connectivity index (χ1) is 13.7. The van der Waals surface area contributed by atoms with E-state index in [4.69, 9.17) is 9.84 Å². The highest BCUT2D eigenvalue weighted by atomic mass is 32.2. The minimum absolute atomic E-state index is 0.0355. The number of phenols is 1. The van der Waals surface area contributed by atoms with Crippen LogP contribution in [0.4, 0.5) is 5.69 Å². The maximum atomic E-state index is 11.6. The summed E-state index contributed by atoms with van der Waals surface area (Å²) in [5.41, 5.74) is 3.44. The summed E-state index contributed by atoms with van der Waals surface area (Å²) in [5.74, 6) is 2.10. The number of amides is 1. The first-order valence-electron chi connectivity index (χ1n) is 8.65. The number of hydrogen-bond donors (Lipinski definition) is 2. The van der Waals surface area contributed by atoms with Gasteiger partial charge in [-0.2, -0.15) is 9.78 Å². The Kier molecular flexibility index (Phi) is 4.01. The maximum absolute atomic E-state index is 11.6. The van der Waals surface area contributed by atoms with Gasteiger partial charge in [-0.1, -0.05) is 23.9 Å². The van der Waals surface area contributed by atoms with Gasteiger partial charge in [-0.3, -0.25) is 4.79 Å². The zero-order valence-corrected chi connectivity index (χ0v) is 15.4. The van der Waals surface area contributed by atoms with Crippen molar-refractivity contribution in [1.29, 1.82) is 0 Å². The summed E-state index contributed by atoms with van der Waals surface area (Å²) >= 11 is 1.56. The lowest BCUT2D eigenvalue weighted by molar-refractivity contribution is -0.118. The van der Waals surface area contributed by atoms with Crippen LogP contribution < -0.4 is 10.1 Å². The number of thioether (sulfide) groups is 1. The first kappa shape index (κ1) is 16.8. The quantitative estimate of drug-likeness (QED) is 0.708. The number of phenolic OH excluding ortho intramolecular Hbond substituents is 1. The molecular formula is C19H15N5O3S. The van der Waals surface area contributed by atoms with Crippen LogP contribution in [0.2, 0.25) is 0 Å². The number of nitrogens with one attached hydrogen (secondary N) is 1. The van der Waals surface area contributed by atoms with Crippen molar-refractivity contribution in [2.75, 3.05) is 17.7 Å². The molecule has 0 fully saturated rings. The van der Waals surface area contributed by atoms with Gasteiger partial charge in [0.2, 0.25) is 5.16 Å². The number of benzene rings is 2. The minimum atomic E-state index is -0.165. The van der Waals surface area contributed by atoms with E-state index < -0.39 is 0 Å². The molecule has 2 aliphatic heterocycles. The number of rotatable bonds is 3. The highest BCUT2D eigenvalue weighted by Crippen LogP contribution is 2.31. The third-order valence-corrected chi connectivity index (χ3v) is 5.41. The van der Waals surface area contributed by atoms with Crippen LogP contribution in [0.1, 0.15) is 17.0 Å². The van der Waals surface area contributed by atoms with Gasteiger partial charge in [-0.15, -0.1) is 10.2 Å². The summed E-state index contributed by atoms with van der Waals surface area (Å²) in [6, 6.07) is 12.7. The molecule has 0 saturated heterocycles. The zero-order valence-electron chi connectivity index (χ0n) is 14.6. The molecule has 0 unspecified atom stereocenters. The number of fused-ring (bicyclic) bond motifs is 2. The van der Waals surface area contributed by atoms with E-state index in [0.29, 0.717) is 23.6 Å². The molecule has 1 aromatic heterocycles. The van der Waals surface area contributed by atoms with Crippen molar-refractivity contribution in [2.45, 2.75) is 11.6 Å². The molecule has 1 amide bonds. The highest BCUT2D eigenvalue weighted by molar-refractivity contribution is 7.99. The van der Waals surface area contributed by atoms with Crippen molar-refractivity contribution in [3.63, 3.8) is 0 Å². The molecule has 2 aliphatic rings. The molecule has 28 heavy (non-hydrogen) atoms. The monoisotopic (exact) mass is 393 g/mol. The van der Waals surface area contributed by atoms with Crippen molar-refractivity contribution < 1.29 is 14.6 Å². The average Bonchev–Trinajstić information content (AvgIpc) is 3.11. The van der Waals surface area contributed by atoms with Gasteiger partial charge in [0.25, 0.3) is 5.91 Å². The van der Waals surface area contributed by atoms with Crippen LogP contribution in [0.3, 0.4) is 0 Å². The standard InChI is InChI=1S/C19H15N5O3S/c25-13-4-1-11(2-5-13)7-17-21-22-19-24(17)23-15(10-28-19)12-3-6-16-14(8-12)20-18(26)9-27-16/h1-6,8,25H,7,9-10H2,(H,20,26). The normalized spacial score (nSPS) is 15.1. The fourth-order valence-electron chi connectivity index (χ4n) is 3.08. The predicted molar refractivity (Wildman–Crippen MR) is 104 cm³/mol. The average molecular weight is 393 g/mol. The van der Waals surface area contributed by atoms with E-state index in [1.54, 1.807) is 28.6 Å². The highest BCUT2D eigenvalue weighted by Gasteiger charge is 2.22. The van der Waals surface area contributed by atoms with E-state index >= 15 is 0 Å². The molecule has 0 saturated carbocycles. The molecule has 5 rings (SSSR count). The van der Waals surface area contributed by atoms with Crippen molar-refractivity contribution in [3.8, 4) is 11.5 Å². The van der Waals surface area contributed by atoms with E-state index in [0.717, 1.165) is 27.8 Å². The molecule has 8 nitrogen and oxygen atoms in total. The van der Waals surface area contributed by atoms with Crippen LogP contribution in [0.25, 0.3) is 0 Å². The van der Waals surface area contributed by atoms with Crippen LogP contribution in [0.15, 0.2) is 52.7 Å². The van der Waals surface area contributed by atoms with E-state index in [1.807, 2.05) is 30.3 Å². The van der Waals surface area contributed by atoms with Crippen LogP contribution in [-0.2, 0) is 11.2 Å². The lowest BCUT2D eigenvalue weighted by Crippen LogP contribution is -2.25. The molecule has 0 radical (unpaired) electrons. The maximum Gasteiger partial charge on any atom is 0.262 e. The summed E-state index contributed by atoms with van der Waals surface area (Å²) in [4.78, 5) is 11.6. The summed E-state index contributed by atoms with van der Waals surface area (Å²) in [6.07, 6.45) is 0.554. The van der Waals surface area contributed by atoms with Crippen molar-refractivity contribution in [3.05, 3.63) is 59.4 Å². The Hall–Kier alpha value is -3.33. The lowest BCUT2D eigenvalue weighted by Gasteiger charge is -2.20. The number of anilines is 1. The summed E-state index contributed by atoms with van der Waals surface area (Å²) < 4.78 is 7.17. The topological polar surface area (TPSA) is 102 Å². The lowest BCUT2D eigenvalue weighted by atomic mass is 10.1. The Morgan fingerprint density at radius 1 is 1.18 bits per heavy atom. The van der Waals surface area contributed by atoms with Crippen LogP contribution in [0.5, 0.6) is 11.5 Å². The third kappa shape index (κ3) is 3.09. The van der Waals surface area contributed by atoms with Gasteiger partial charge in [0.05, 0.1) is 11.4 Å². The van der Waals surface area contributed by atoms with Gasteiger partial charge in [-0.05, 0) is 35.9 Å². The van der Waals surface area contributed by atoms with Gasteiger partial charge in [0, 0.05) is 17.7 Å². The number of aromatic nitrogens is 3. The molecule has 0 aliphatic carbocycles. The number of ether oxygens (including phenoxy) is 1. The molecule has 3 heterocycles. The van der Waals surface area contributed by atoms with E-state index in [9.17, 15) is 9.90 Å². The molecule has 140 valence electrons. The summed E-state index contributed by atoms with van der Waals surface area (Å²) in [7, 11) is 0. The Labute approximate surface area is 164 Å². The predicted octanol–water partition coefficient (Wildman–Crippen LogP) is 2.26. The van der Waals surface area contributed by atoms with Gasteiger partial charge < -0.3 is 15.2 Å². The Morgan fingerprint density at radius 3 is 2.89 bits per heavy atom. The summed E-state index contributed by atoms with van der Waals surface area (Å²) in [5, 5.41) is 26.2. The number of carbonyl (C=O) groups is 1. The van der Waals surface area contributed by atoms with E-state index in [2.05, 4.69) is 15.5 Å². The first-order valence-corrected chi connectivity index (χ1v) is 9.64. The molecule has 2 aromatic carbocycles. The molecule has 0 bridgehead atoms. The van der Waals surface area contributed by atoms with Crippen molar-refractivity contribution >= 4 is 29.1 Å². The second-order valence-corrected chi connectivity index (χ2v) is 7.38. The van der Waals surface area contributed by atoms with Gasteiger partial charge in [0.15, 0.2) is 12.4 Å². The molecule has 3 aromatic rings. The molecule has 0 spiro atoms. The van der Waals surface area contributed by atoms with Crippen LogP contribution in [-0.4, -0.2) is 44.0 Å². The fourth-order valence-corrected chi connectivity index (χ4v) is 3.94. The van der Waals surface area contributed by atoms with Crippen LogP contribution in [0, 0.1) is 0 Å². The number of nitrogens with zero attached hydrogens (tertiary/aromatic N) is 4. The largest absolute Gasteiger partial charge is 0.508 e. The van der Waals surface area contributed by atoms with Gasteiger partial charge in [-0.25, -0.2) is 0 Å². The summed E-state index contributed by atoms with van der Waals surface area (Å²) in [6.45, 7) is 0.0355. The molecule has 2 N–H and O–H groups in total. The van der Waals surface area contributed by atoms with E-state index in [1.165, 1.54) is 0 Å².